The van der Waals surface area contributed by atoms with Gasteiger partial charge in [-0.1, -0.05) is 6.92 Å². The Hall–Kier alpha value is -1.62. The van der Waals surface area contributed by atoms with Crippen LogP contribution in [-0.4, -0.2) is 21.3 Å². The average Bonchev–Trinajstić information content (AvgIpc) is 2.97. The molecular formula is C14H22N4O. The summed E-state index contributed by atoms with van der Waals surface area (Å²) in [6.07, 6.45) is 4.13. The summed E-state index contributed by atoms with van der Waals surface area (Å²) in [5.74, 6) is 1.97. The second-order valence-electron chi connectivity index (χ2n) is 5.00. The van der Waals surface area contributed by atoms with Gasteiger partial charge in [0.15, 0.2) is 0 Å². The second-order valence-corrected chi connectivity index (χ2v) is 5.00. The maximum absolute atomic E-state index is 5.61. The fourth-order valence-electron chi connectivity index (χ4n) is 2.28. The largest absolute Gasteiger partial charge is 0.467 e. The molecule has 2 heterocycles. The number of furan rings is 1. The molecule has 1 N–H and O–H groups in total. The van der Waals surface area contributed by atoms with E-state index in [1.165, 1.54) is 5.56 Å². The number of aromatic nitrogens is 3. The normalized spacial score (nSPS) is 13.1. The van der Waals surface area contributed by atoms with Crippen molar-refractivity contribution >= 4 is 0 Å². The predicted molar refractivity (Wildman–Crippen MR) is 74.0 cm³/mol. The van der Waals surface area contributed by atoms with Crippen molar-refractivity contribution < 1.29 is 4.42 Å². The van der Waals surface area contributed by atoms with Gasteiger partial charge in [0, 0.05) is 12.5 Å². The Labute approximate surface area is 114 Å². The lowest BCUT2D eigenvalue weighted by atomic mass is 10.1. The van der Waals surface area contributed by atoms with Gasteiger partial charge in [-0.05, 0) is 38.9 Å². The van der Waals surface area contributed by atoms with Gasteiger partial charge in [-0.3, -0.25) is 0 Å². The Morgan fingerprint density at radius 2 is 2.21 bits per heavy atom. The molecule has 0 aliphatic carbocycles. The van der Waals surface area contributed by atoms with Crippen molar-refractivity contribution in [1.29, 1.82) is 0 Å². The van der Waals surface area contributed by atoms with Crippen LogP contribution in [0.15, 0.2) is 23.1 Å². The van der Waals surface area contributed by atoms with Crippen molar-refractivity contribution in [3.63, 3.8) is 0 Å². The fraction of sp³-hybridized carbons (Fsp3) is 0.571. The molecule has 19 heavy (non-hydrogen) atoms. The van der Waals surface area contributed by atoms with Crippen LogP contribution < -0.4 is 5.32 Å². The summed E-state index contributed by atoms with van der Waals surface area (Å²) >= 11 is 0. The van der Waals surface area contributed by atoms with E-state index < -0.39 is 0 Å². The van der Waals surface area contributed by atoms with E-state index in [-0.39, 0.29) is 6.04 Å². The van der Waals surface area contributed by atoms with Gasteiger partial charge in [-0.15, -0.1) is 0 Å². The van der Waals surface area contributed by atoms with Crippen molar-refractivity contribution in [1.82, 2.24) is 20.1 Å². The molecule has 1 atom stereocenters. The summed E-state index contributed by atoms with van der Waals surface area (Å²) in [5, 5.41) is 7.74. The highest BCUT2D eigenvalue weighted by atomic mass is 16.3. The molecule has 0 radical (unpaired) electrons. The first kappa shape index (κ1) is 13.8. The highest BCUT2D eigenvalue weighted by Gasteiger charge is 2.20. The van der Waals surface area contributed by atoms with Crippen molar-refractivity contribution in [3.8, 4) is 0 Å². The predicted octanol–water partition coefficient (Wildman–Crippen LogP) is 2.65. The van der Waals surface area contributed by atoms with E-state index in [9.17, 15) is 0 Å². The summed E-state index contributed by atoms with van der Waals surface area (Å²) in [6, 6.07) is 2.45. The molecular weight excluding hydrogens is 240 g/mol. The van der Waals surface area contributed by atoms with Gasteiger partial charge in [0.05, 0.1) is 12.3 Å². The van der Waals surface area contributed by atoms with Gasteiger partial charge >= 0.3 is 0 Å². The highest BCUT2D eigenvalue weighted by molar-refractivity contribution is 5.19. The van der Waals surface area contributed by atoms with Crippen molar-refractivity contribution in [2.45, 2.75) is 46.2 Å². The Bertz CT molecular complexity index is 515. The molecule has 104 valence electrons. The van der Waals surface area contributed by atoms with E-state index in [1.54, 1.807) is 12.6 Å². The Morgan fingerprint density at radius 3 is 2.79 bits per heavy atom. The maximum Gasteiger partial charge on any atom is 0.138 e. The van der Waals surface area contributed by atoms with Gasteiger partial charge in [-0.2, -0.15) is 5.10 Å². The first-order chi connectivity index (χ1) is 9.13. The quantitative estimate of drug-likeness (QED) is 0.869. The van der Waals surface area contributed by atoms with Crippen molar-refractivity contribution in [2.75, 3.05) is 6.54 Å². The summed E-state index contributed by atoms with van der Waals surface area (Å²) in [4.78, 5) is 4.37. The van der Waals surface area contributed by atoms with Gasteiger partial charge < -0.3 is 9.73 Å². The van der Waals surface area contributed by atoms with Gasteiger partial charge in [-0.25, -0.2) is 9.67 Å². The molecule has 5 heteroatoms. The van der Waals surface area contributed by atoms with Crippen LogP contribution in [0.1, 0.15) is 50.0 Å². The molecule has 5 nitrogen and oxygen atoms in total. The minimum absolute atomic E-state index is 0.140. The van der Waals surface area contributed by atoms with Gasteiger partial charge in [0.1, 0.15) is 17.9 Å². The lowest BCUT2D eigenvalue weighted by Crippen LogP contribution is -2.25. The van der Waals surface area contributed by atoms with Crippen LogP contribution in [-0.2, 0) is 6.42 Å². The van der Waals surface area contributed by atoms with Gasteiger partial charge in [0.25, 0.3) is 0 Å². The van der Waals surface area contributed by atoms with E-state index in [0.29, 0.717) is 6.04 Å². The topological polar surface area (TPSA) is 55.9 Å². The Balaban J connectivity index is 2.22. The summed E-state index contributed by atoms with van der Waals surface area (Å²) in [7, 11) is 0. The zero-order chi connectivity index (χ0) is 13.8. The third-order valence-electron chi connectivity index (χ3n) is 3.19. The lowest BCUT2D eigenvalue weighted by Gasteiger charge is -2.17. The van der Waals surface area contributed by atoms with Crippen LogP contribution in [0, 0.1) is 6.92 Å². The number of hydrogen-bond acceptors (Lipinski definition) is 4. The third-order valence-corrected chi connectivity index (χ3v) is 3.19. The van der Waals surface area contributed by atoms with Crippen molar-refractivity contribution in [3.05, 3.63) is 35.8 Å². The number of nitrogens with zero attached hydrogens (tertiary/aromatic N) is 3. The molecule has 2 aromatic heterocycles. The summed E-state index contributed by atoms with van der Waals surface area (Å²) < 4.78 is 7.57. The standard InChI is InChI=1S/C14H22N4O/c1-5-15-12(14-11(4)6-7-19-14)8-13-16-9-17-18(13)10(2)3/h6-7,9-10,12,15H,5,8H2,1-4H3. The van der Waals surface area contributed by atoms with E-state index in [2.05, 4.69) is 43.1 Å². The molecule has 0 bridgehead atoms. The van der Waals surface area contributed by atoms with Crippen LogP contribution in [0.4, 0.5) is 0 Å². The minimum atomic E-state index is 0.140. The smallest absolute Gasteiger partial charge is 0.138 e. The minimum Gasteiger partial charge on any atom is -0.467 e. The van der Waals surface area contributed by atoms with E-state index >= 15 is 0 Å². The number of hydrogen-bond donors (Lipinski definition) is 1. The van der Waals surface area contributed by atoms with E-state index in [0.717, 1.165) is 24.6 Å². The number of nitrogens with one attached hydrogen (secondary N) is 1. The van der Waals surface area contributed by atoms with Crippen molar-refractivity contribution in [2.24, 2.45) is 0 Å². The van der Waals surface area contributed by atoms with Gasteiger partial charge in [0.2, 0.25) is 0 Å². The molecule has 1 unspecified atom stereocenters. The molecule has 0 saturated heterocycles. The lowest BCUT2D eigenvalue weighted by molar-refractivity contribution is 0.397. The zero-order valence-electron chi connectivity index (χ0n) is 12.1. The number of aryl methyl sites for hydroxylation is 1. The van der Waals surface area contributed by atoms with E-state index in [4.69, 9.17) is 4.42 Å². The zero-order valence-corrected chi connectivity index (χ0v) is 12.1. The van der Waals surface area contributed by atoms with Crippen LogP contribution >= 0.6 is 0 Å². The molecule has 0 saturated carbocycles. The van der Waals surface area contributed by atoms with Crippen LogP contribution in [0.3, 0.4) is 0 Å². The maximum atomic E-state index is 5.61. The molecule has 0 aliphatic heterocycles. The monoisotopic (exact) mass is 262 g/mol. The van der Waals surface area contributed by atoms with Crippen LogP contribution in [0.5, 0.6) is 0 Å². The second kappa shape index (κ2) is 6.02. The first-order valence-corrected chi connectivity index (χ1v) is 6.79. The molecule has 2 rings (SSSR count). The Morgan fingerprint density at radius 1 is 1.42 bits per heavy atom. The highest BCUT2D eigenvalue weighted by Crippen LogP contribution is 2.22. The summed E-state index contributed by atoms with van der Waals surface area (Å²) in [5.41, 5.74) is 1.17. The molecule has 2 aromatic rings. The molecule has 0 amide bonds. The Kier molecular flexibility index (Phi) is 4.37. The van der Waals surface area contributed by atoms with E-state index in [1.807, 2.05) is 10.7 Å². The summed E-state index contributed by atoms with van der Waals surface area (Å²) in [6.45, 7) is 9.27. The molecule has 0 fully saturated rings. The molecule has 0 spiro atoms. The number of rotatable bonds is 6. The third kappa shape index (κ3) is 3.04. The SMILES string of the molecule is CCNC(Cc1ncnn1C(C)C)c1occc1C. The van der Waals surface area contributed by atoms with Crippen LogP contribution in [0.2, 0.25) is 0 Å². The fourth-order valence-corrected chi connectivity index (χ4v) is 2.28. The first-order valence-electron chi connectivity index (χ1n) is 6.79. The molecule has 0 aliphatic rings. The average molecular weight is 262 g/mol. The number of likely N-dealkylation sites (N-methyl/N-ethyl adjacent to an activating group) is 1. The van der Waals surface area contributed by atoms with Crippen LogP contribution in [0.25, 0.3) is 0 Å². The molecule has 0 aromatic carbocycles.